The highest BCUT2D eigenvalue weighted by atomic mass is 35.5. The van der Waals surface area contributed by atoms with Crippen LogP contribution < -0.4 is 20.7 Å². The number of aromatic nitrogens is 1. The molecule has 2 aromatic carbocycles. The van der Waals surface area contributed by atoms with E-state index < -0.39 is 76.8 Å². The van der Waals surface area contributed by atoms with Gasteiger partial charge in [-0.15, -0.1) is 0 Å². The highest BCUT2D eigenvalue weighted by Crippen LogP contribution is 2.24. The number of pyridine rings is 1. The van der Waals surface area contributed by atoms with Crippen LogP contribution in [0.4, 0.5) is 13.2 Å². The number of methoxy groups -OCH3 is 1. The lowest BCUT2D eigenvalue weighted by Gasteiger charge is -2.27. The molecule has 3 unspecified atom stereocenters. The van der Waals surface area contributed by atoms with Crippen LogP contribution in [0.5, 0.6) is 5.75 Å². The molecule has 12 nitrogen and oxygen atoms in total. The number of amides is 3. The first-order valence-corrected chi connectivity index (χ1v) is 16.2. The number of Topliss-reactive ketones (excluding diaryl/α,β-unsaturated/α-hetero) is 2. The third kappa shape index (κ3) is 11.6. The number of halogens is 4. The molecule has 16 heteroatoms. The third-order valence-electron chi connectivity index (χ3n) is 7.27. The van der Waals surface area contributed by atoms with Gasteiger partial charge in [-0.3, -0.25) is 24.0 Å². The number of nitrogens with zero attached hydrogens (tertiary/aromatic N) is 1. The zero-order valence-electron chi connectivity index (χ0n) is 29.1. The van der Waals surface area contributed by atoms with Crippen molar-refractivity contribution >= 4 is 46.9 Å². The van der Waals surface area contributed by atoms with Crippen molar-refractivity contribution in [2.75, 3.05) is 7.11 Å². The van der Waals surface area contributed by atoms with E-state index in [2.05, 4.69) is 20.9 Å². The van der Waals surface area contributed by atoms with E-state index in [1.54, 1.807) is 39.0 Å². The number of esters is 1. The highest BCUT2D eigenvalue weighted by molar-refractivity contribution is 6.40. The minimum Gasteiger partial charge on any atom is -0.497 e. The largest absolute Gasteiger partial charge is 0.497 e. The van der Waals surface area contributed by atoms with Crippen molar-refractivity contribution in [3.05, 3.63) is 94.3 Å². The summed E-state index contributed by atoms with van der Waals surface area (Å²) in [6.07, 6.45) is -5.46. The number of ketones is 2. The van der Waals surface area contributed by atoms with Crippen LogP contribution in [0.15, 0.2) is 66.7 Å². The predicted molar refractivity (Wildman–Crippen MR) is 183 cm³/mol. The quantitative estimate of drug-likeness (QED) is 0.120. The van der Waals surface area contributed by atoms with Crippen LogP contribution in [0.3, 0.4) is 0 Å². The van der Waals surface area contributed by atoms with Crippen molar-refractivity contribution in [1.82, 2.24) is 20.9 Å². The molecule has 0 saturated carbocycles. The lowest BCUT2D eigenvalue weighted by Crippen LogP contribution is -2.55. The second kappa shape index (κ2) is 17.3. The number of carbonyl (C=O) groups is 6. The molecular weight excluding hydrogens is 709 g/mol. The van der Waals surface area contributed by atoms with Crippen molar-refractivity contribution < 1.29 is 51.4 Å². The van der Waals surface area contributed by atoms with Crippen LogP contribution in [-0.4, -0.2) is 71.2 Å². The smallest absolute Gasteiger partial charge is 0.452 e. The molecule has 52 heavy (non-hydrogen) atoms. The van der Waals surface area contributed by atoms with E-state index in [0.717, 1.165) is 0 Å². The lowest BCUT2D eigenvalue weighted by atomic mass is 9.97. The van der Waals surface area contributed by atoms with Crippen LogP contribution in [-0.2, 0) is 30.3 Å². The van der Waals surface area contributed by atoms with E-state index in [9.17, 15) is 41.9 Å². The summed E-state index contributed by atoms with van der Waals surface area (Å²) in [5.41, 5.74) is -1.16. The molecule has 3 amide bonds. The van der Waals surface area contributed by atoms with Crippen LogP contribution in [0, 0.1) is 5.92 Å². The van der Waals surface area contributed by atoms with Crippen molar-refractivity contribution in [3.8, 4) is 5.75 Å². The maximum atomic E-state index is 14.0. The van der Waals surface area contributed by atoms with Gasteiger partial charge < -0.3 is 25.4 Å². The van der Waals surface area contributed by atoms with Gasteiger partial charge >= 0.3 is 12.1 Å². The van der Waals surface area contributed by atoms with Crippen molar-refractivity contribution in [3.63, 3.8) is 0 Å². The first-order valence-electron chi connectivity index (χ1n) is 15.9. The minimum absolute atomic E-state index is 0.108. The van der Waals surface area contributed by atoms with Gasteiger partial charge in [-0.25, -0.2) is 9.78 Å². The number of carbonyl (C=O) groups excluding carboxylic acids is 6. The summed E-state index contributed by atoms with van der Waals surface area (Å²) in [4.78, 5) is 82.3. The Bertz CT molecular complexity index is 1810. The monoisotopic (exact) mass is 746 g/mol. The molecule has 1 heterocycles. The number of rotatable bonds is 14. The fourth-order valence-electron chi connectivity index (χ4n) is 4.75. The molecule has 0 aliphatic heterocycles. The fraction of sp³-hybridized carbons (Fsp3) is 0.361. The second-order valence-corrected chi connectivity index (χ2v) is 13.3. The average Bonchev–Trinajstić information content (AvgIpc) is 3.07. The van der Waals surface area contributed by atoms with Gasteiger partial charge in [-0.1, -0.05) is 55.8 Å². The fourth-order valence-corrected chi connectivity index (χ4v) is 4.96. The minimum atomic E-state index is -5.25. The van der Waals surface area contributed by atoms with Gasteiger partial charge in [0, 0.05) is 11.4 Å². The maximum Gasteiger partial charge on any atom is 0.452 e. The highest BCUT2D eigenvalue weighted by Gasteiger charge is 2.45. The number of hydrogen-bond donors (Lipinski definition) is 3. The maximum absolute atomic E-state index is 14.0. The van der Waals surface area contributed by atoms with Crippen molar-refractivity contribution in [2.45, 2.75) is 70.9 Å². The average molecular weight is 747 g/mol. The number of hydrogen-bond acceptors (Lipinski definition) is 9. The summed E-state index contributed by atoms with van der Waals surface area (Å²) >= 11 is 6.15. The normalized spacial score (nSPS) is 13.3. The Balaban J connectivity index is 1.99. The molecule has 3 atom stereocenters. The number of ether oxygens (including phenoxy) is 2. The number of alkyl halides is 3. The molecule has 0 bridgehead atoms. The second-order valence-electron chi connectivity index (χ2n) is 12.9. The summed E-state index contributed by atoms with van der Waals surface area (Å²) in [5, 5.41) is 7.42. The Morgan fingerprint density at radius 2 is 1.44 bits per heavy atom. The van der Waals surface area contributed by atoms with Gasteiger partial charge in [0.05, 0.1) is 13.2 Å². The molecule has 3 rings (SSSR count). The molecule has 0 fully saturated rings. The standard InChI is InChI=1S/C36H38ClF3N4O8/c1-19(2)27(30(46)36(38,39)40)43-33(49)28(21-13-15-23(51-6)16-14-21)44-32(48)26(18-20-9-7-10-22(37)17-20)42-31(47)25-12-8-11-24(41-25)29(45)34(50)52-35(3,4)5/h7-17,19,26-28H,18H2,1-6H3,(H,42,47)(H,43,49)(H,44,48). The van der Waals surface area contributed by atoms with Gasteiger partial charge in [-0.2, -0.15) is 13.2 Å². The third-order valence-corrected chi connectivity index (χ3v) is 7.51. The Morgan fingerprint density at radius 3 is 2.00 bits per heavy atom. The lowest BCUT2D eigenvalue weighted by molar-refractivity contribution is -0.175. The topological polar surface area (TPSA) is 170 Å². The number of benzene rings is 2. The Labute approximate surface area is 302 Å². The summed E-state index contributed by atoms with van der Waals surface area (Å²) in [6.45, 7) is 7.32. The summed E-state index contributed by atoms with van der Waals surface area (Å²) < 4.78 is 50.5. The molecule has 0 saturated heterocycles. The van der Waals surface area contributed by atoms with Crippen LogP contribution >= 0.6 is 11.6 Å². The molecule has 0 aliphatic carbocycles. The first kappa shape index (κ1) is 41.1. The Morgan fingerprint density at radius 1 is 0.827 bits per heavy atom. The van der Waals surface area contributed by atoms with Gasteiger partial charge in [0.15, 0.2) is 0 Å². The molecule has 3 aromatic rings. The van der Waals surface area contributed by atoms with Gasteiger partial charge in [0.1, 0.15) is 34.8 Å². The van der Waals surface area contributed by atoms with Crippen molar-refractivity contribution in [2.24, 2.45) is 5.92 Å². The molecule has 3 N–H and O–H groups in total. The van der Waals surface area contributed by atoms with Crippen LogP contribution in [0.25, 0.3) is 0 Å². The number of nitrogens with one attached hydrogen (secondary N) is 3. The summed E-state index contributed by atoms with van der Waals surface area (Å²) in [6, 6.07) is 10.6. The van der Waals surface area contributed by atoms with E-state index >= 15 is 0 Å². The SMILES string of the molecule is COc1ccc(C(NC(=O)C(Cc2cccc(Cl)c2)NC(=O)c2cccc(C(=O)C(=O)OC(C)(C)C)n2)C(=O)NC(C(=O)C(F)(F)F)C(C)C)cc1. The Kier molecular flexibility index (Phi) is 13.7. The molecule has 1 aromatic heterocycles. The Hall–Kier alpha value is -5.31. The molecule has 278 valence electrons. The van der Waals surface area contributed by atoms with E-state index in [-0.39, 0.29) is 17.7 Å². The van der Waals surface area contributed by atoms with Crippen LogP contribution in [0.1, 0.15) is 72.8 Å². The first-order chi connectivity index (χ1) is 24.2. The van der Waals surface area contributed by atoms with E-state index in [4.69, 9.17) is 21.1 Å². The van der Waals surface area contributed by atoms with Crippen LogP contribution in [0.2, 0.25) is 5.02 Å². The van der Waals surface area contributed by atoms with Crippen molar-refractivity contribution in [1.29, 1.82) is 0 Å². The zero-order chi connectivity index (χ0) is 39.0. The molecule has 0 spiro atoms. The molecule has 0 aliphatic rings. The molecule has 0 radical (unpaired) electrons. The van der Waals surface area contributed by atoms with E-state index in [1.807, 2.05) is 0 Å². The van der Waals surface area contributed by atoms with Gasteiger partial charge in [0.25, 0.3) is 17.5 Å². The van der Waals surface area contributed by atoms with E-state index in [0.29, 0.717) is 16.3 Å². The van der Waals surface area contributed by atoms with Gasteiger partial charge in [0.2, 0.25) is 11.8 Å². The van der Waals surface area contributed by atoms with E-state index in [1.165, 1.54) is 69.5 Å². The summed E-state index contributed by atoms with van der Waals surface area (Å²) in [7, 11) is 1.39. The zero-order valence-corrected chi connectivity index (χ0v) is 29.8. The molecular formula is C36H38ClF3N4O8. The predicted octanol–water partition coefficient (Wildman–Crippen LogP) is 4.74. The summed E-state index contributed by atoms with van der Waals surface area (Å²) in [5.74, 6) is -8.17. The van der Waals surface area contributed by atoms with Gasteiger partial charge in [-0.05, 0) is 74.2 Å².